The van der Waals surface area contributed by atoms with Gasteiger partial charge in [0, 0.05) is 0 Å². The number of hydrogen-bond donors (Lipinski definition) is 2. The highest BCUT2D eigenvalue weighted by Gasteiger charge is 2.30. The zero-order chi connectivity index (χ0) is 14.7. The molecule has 1 amide bonds. The van der Waals surface area contributed by atoms with Crippen LogP contribution in [0.4, 0.5) is 5.69 Å². The summed E-state index contributed by atoms with van der Waals surface area (Å²) in [5.74, 6) is -0.201. The van der Waals surface area contributed by atoms with Crippen molar-refractivity contribution in [2.75, 3.05) is 5.43 Å². The van der Waals surface area contributed by atoms with Crippen LogP contribution in [0.15, 0.2) is 66.4 Å². The minimum absolute atomic E-state index is 0.201. The third kappa shape index (κ3) is 2.93. The Morgan fingerprint density at radius 1 is 1.00 bits per heavy atom. The lowest BCUT2D eigenvalue weighted by Gasteiger charge is -2.16. The molecule has 1 heterocycles. The molecule has 5 heteroatoms. The normalized spacial score (nSPS) is 16.2. The number of benzene rings is 2. The number of hydrazine groups is 1. The average Bonchev–Trinajstić information content (AvgIpc) is 2.77. The number of carbonyl (C=O) groups excluding carboxylic acids is 1. The standard InChI is InChI=1S/C16H13N3OS/c20-15-14(11-12-7-3-1-4-8-12)17-16(21)19(15)18-13-9-5-2-6-10-13/h1-11,18H,(H,17,21)/b14-11-. The monoisotopic (exact) mass is 295 g/mol. The first-order valence-corrected chi connectivity index (χ1v) is 6.89. The van der Waals surface area contributed by atoms with Crippen LogP contribution in [0.3, 0.4) is 0 Å². The Hall–Kier alpha value is -2.66. The molecule has 2 aromatic rings. The smallest absolute Gasteiger partial charge is 0.295 e. The SMILES string of the molecule is O=C1/C(=C/c2ccccc2)NC(=S)N1Nc1ccccc1. The lowest BCUT2D eigenvalue weighted by molar-refractivity contribution is -0.121. The summed E-state index contributed by atoms with van der Waals surface area (Å²) in [7, 11) is 0. The molecular weight excluding hydrogens is 282 g/mol. The van der Waals surface area contributed by atoms with Gasteiger partial charge in [-0.3, -0.25) is 10.2 Å². The molecule has 0 atom stereocenters. The lowest BCUT2D eigenvalue weighted by Crippen LogP contribution is -2.35. The number of nitrogens with zero attached hydrogens (tertiary/aromatic N) is 1. The number of thiocarbonyl (C=S) groups is 1. The van der Waals surface area contributed by atoms with Crippen LogP contribution in [-0.4, -0.2) is 16.0 Å². The maximum Gasteiger partial charge on any atom is 0.295 e. The predicted molar refractivity (Wildman–Crippen MR) is 87.1 cm³/mol. The van der Waals surface area contributed by atoms with E-state index in [0.29, 0.717) is 10.8 Å². The molecule has 2 N–H and O–H groups in total. The van der Waals surface area contributed by atoms with Gasteiger partial charge in [-0.1, -0.05) is 48.5 Å². The van der Waals surface area contributed by atoms with Gasteiger partial charge in [0.15, 0.2) is 5.11 Å². The molecule has 0 bridgehead atoms. The summed E-state index contributed by atoms with van der Waals surface area (Å²) in [4.78, 5) is 12.4. The van der Waals surface area contributed by atoms with Gasteiger partial charge >= 0.3 is 0 Å². The number of rotatable bonds is 3. The first kappa shape index (κ1) is 13.3. The Labute approximate surface area is 128 Å². The first-order valence-electron chi connectivity index (χ1n) is 6.48. The number of anilines is 1. The van der Waals surface area contributed by atoms with Crippen molar-refractivity contribution in [2.45, 2.75) is 0 Å². The topological polar surface area (TPSA) is 44.4 Å². The molecular formula is C16H13N3OS. The molecule has 0 radical (unpaired) electrons. The first-order chi connectivity index (χ1) is 10.2. The van der Waals surface area contributed by atoms with Crippen LogP contribution in [0.1, 0.15) is 5.56 Å². The molecule has 0 saturated carbocycles. The van der Waals surface area contributed by atoms with E-state index in [0.717, 1.165) is 11.3 Å². The second kappa shape index (κ2) is 5.76. The fourth-order valence-corrected chi connectivity index (χ4v) is 2.23. The third-order valence-electron chi connectivity index (χ3n) is 3.00. The highest BCUT2D eigenvalue weighted by molar-refractivity contribution is 7.80. The van der Waals surface area contributed by atoms with Gasteiger partial charge in [0.05, 0.1) is 5.69 Å². The molecule has 1 aliphatic rings. The van der Waals surface area contributed by atoms with E-state index in [9.17, 15) is 4.79 Å². The van der Waals surface area contributed by atoms with E-state index in [1.54, 1.807) is 6.08 Å². The van der Waals surface area contributed by atoms with Gasteiger partial charge in [0.25, 0.3) is 5.91 Å². The van der Waals surface area contributed by atoms with Crippen LogP contribution < -0.4 is 10.7 Å². The molecule has 0 spiro atoms. The lowest BCUT2D eigenvalue weighted by atomic mass is 10.2. The third-order valence-corrected chi connectivity index (χ3v) is 3.29. The van der Waals surface area contributed by atoms with Crippen molar-refractivity contribution in [3.8, 4) is 0 Å². The summed E-state index contributed by atoms with van der Waals surface area (Å²) >= 11 is 5.20. The van der Waals surface area contributed by atoms with Gasteiger partial charge in [0.2, 0.25) is 0 Å². The van der Waals surface area contributed by atoms with Gasteiger partial charge in [-0.2, -0.15) is 5.01 Å². The van der Waals surface area contributed by atoms with Crippen LogP contribution in [0, 0.1) is 0 Å². The number of para-hydroxylation sites is 1. The number of amides is 1. The fraction of sp³-hybridized carbons (Fsp3) is 0. The van der Waals surface area contributed by atoms with Crippen molar-refractivity contribution >= 4 is 35.0 Å². The summed E-state index contributed by atoms with van der Waals surface area (Å²) in [6.07, 6.45) is 1.78. The van der Waals surface area contributed by atoms with Crippen LogP contribution in [-0.2, 0) is 4.79 Å². The Kier molecular flexibility index (Phi) is 3.66. The van der Waals surface area contributed by atoms with Gasteiger partial charge in [-0.05, 0) is 36.0 Å². The summed E-state index contributed by atoms with van der Waals surface area (Å²) in [6, 6.07) is 19.1. The van der Waals surface area contributed by atoms with E-state index in [4.69, 9.17) is 12.2 Å². The molecule has 1 saturated heterocycles. The van der Waals surface area contributed by atoms with E-state index >= 15 is 0 Å². The molecule has 2 aromatic carbocycles. The quantitative estimate of drug-likeness (QED) is 0.675. The number of nitrogens with one attached hydrogen (secondary N) is 2. The Morgan fingerprint density at radius 3 is 2.29 bits per heavy atom. The van der Waals surface area contributed by atoms with Crippen molar-refractivity contribution in [1.29, 1.82) is 0 Å². The maximum absolute atomic E-state index is 12.4. The summed E-state index contributed by atoms with van der Waals surface area (Å²) in [6.45, 7) is 0. The largest absolute Gasteiger partial charge is 0.326 e. The van der Waals surface area contributed by atoms with Gasteiger partial charge in [-0.15, -0.1) is 0 Å². The second-order valence-corrected chi connectivity index (χ2v) is 4.90. The van der Waals surface area contributed by atoms with Crippen molar-refractivity contribution in [3.63, 3.8) is 0 Å². The second-order valence-electron chi connectivity index (χ2n) is 4.52. The molecule has 0 unspecified atom stereocenters. The molecule has 0 aromatic heterocycles. The molecule has 1 fully saturated rings. The Morgan fingerprint density at radius 2 is 1.62 bits per heavy atom. The fourth-order valence-electron chi connectivity index (χ4n) is 1.99. The molecule has 104 valence electrons. The summed E-state index contributed by atoms with van der Waals surface area (Å²) < 4.78 is 0. The van der Waals surface area contributed by atoms with E-state index < -0.39 is 0 Å². The average molecular weight is 295 g/mol. The van der Waals surface area contributed by atoms with Crippen molar-refractivity contribution in [2.24, 2.45) is 0 Å². The van der Waals surface area contributed by atoms with E-state index in [1.165, 1.54) is 5.01 Å². The van der Waals surface area contributed by atoms with Crippen LogP contribution >= 0.6 is 12.2 Å². The molecule has 3 rings (SSSR count). The van der Waals surface area contributed by atoms with Crippen molar-refractivity contribution < 1.29 is 4.79 Å². The zero-order valence-electron chi connectivity index (χ0n) is 11.1. The number of carbonyl (C=O) groups is 1. The zero-order valence-corrected chi connectivity index (χ0v) is 11.9. The van der Waals surface area contributed by atoms with Crippen LogP contribution in [0.5, 0.6) is 0 Å². The molecule has 4 nitrogen and oxygen atoms in total. The number of hydrogen-bond acceptors (Lipinski definition) is 3. The van der Waals surface area contributed by atoms with Gasteiger partial charge in [-0.25, -0.2) is 0 Å². The highest BCUT2D eigenvalue weighted by Crippen LogP contribution is 2.16. The molecule has 0 aliphatic carbocycles. The highest BCUT2D eigenvalue weighted by atomic mass is 32.1. The van der Waals surface area contributed by atoms with Crippen LogP contribution in [0.25, 0.3) is 6.08 Å². The molecule has 1 aliphatic heterocycles. The van der Waals surface area contributed by atoms with Gasteiger partial charge < -0.3 is 5.32 Å². The summed E-state index contributed by atoms with van der Waals surface area (Å²) in [5.41, 5.74) is 5.19. The van der Waals surface area contributed by atoms with Crippen molar-refractivity contribution in [3.05, 3.63) is 71.9 Å². The minimum Gasteiger partial charge on any atom is -0.326 e. The van der Waals surface area contributed by atoms with Crippen LogP contribution in [0.2, 0.25) is 0 Å². The Balaban J connectivity index is 1.81. The minimum atomic E-state index is -0.201. The van der Waals surface area contributed by atoms with E-state index in [1.807, 2.05) is 60.7 Å². The van der Waals surface area contributed by atoms with Crippen molar-refractivity contribution in [1.82, 2.24) is 10.3 Å². The maximum atomic E-state index is 12.4. The molecule has 21 heavy (non-hydrogen) atoms. The Bertz CT molecular complexity index is 698. The summed E-state index contributed by atoms with van der Waals surface area (Å²) in [5, 5.41) is 4.60. The van der Waals surface area contributed by atoms with E-state index in [2.05, 4.69) is 10.7 Å². The predicted octanol–water partition coefficient (Wildman–Crippen LogP) is 2.77. The van der Waals surface area contributed by atoms with E-state index in [-0.39, 0.29) is 5.91 Å². The van der Waals surface area contributed by atoms with Gasteiger partial charge in [0.1, 0.15) is 5.70 Å².